The second kappa shape index (κ2) is 7.83. The summed E-state index contributed by atoms with van der Waals surface area (Å²) in [4.78, 5) is 4.38. The van der Waals surface area contributed by atoms with E-state index in [-0.39, 0.29) is 0 Å². The summed E-state index contributed by atoms with van der Waals surface area (Å²) in [6.07, 6.45) is 8.41. The van der Waals surface area contributed by atoms with Gasteiger partial charge in [0.25, 0.3) is 0 Å². The van der Waals surface area contributed by atoms with Crippen molar-refractivity contribution in [1.29, 1.82) is 0 Å². The lowest BCUT2D eigenvalue weighted by atomic mass is 10.1. The summed E-state index contributed by atoms with van der Waals surface area (Å²) in [5.74, 6) is 0.541. The Morgan fingerprint density at radius 3 is 2.65 bits per heavy atom. The Morgan fingerprint density at radius 1 is 1.41 bits per heavy atom. The molecule has 0 aromatic carbocycles. The van der Waals surface area contributed by atoms with Crippen LogP contribution in [-0.2, 0) is 5.33 Å². The van der Waals surface area contributed by atoms with Gasteiger partial charge in [-0.2, -0.15) is 0 Å². The van der Waals surface area contributed by atoms with Gasteiger partial charge in [-0.3, -0.25) is 4.98 Å². The van der Waals surface area contributed by atoms with E-state index in [1.807, 2.05) is 6.20 Å². The fraction of sp³-hybridized carbons (Fsp3) is 0.357. The van der Waals surface area contributed by atoms with Crippen molar-refractivity contribution in [3.05, 3.63) is 47.8 Å². The molecule has 0 aliphatic rings. The summed E-state index contributed by atoms with van der Waals surface area (Å²) in [7, 11) is 0. The van der Waals surface area contributed by atoms with E-state index in [2.05, 4.69) is 81.1 Å². The number of hydrogen-bond acceptors (Lipinski definition) is 1. The molecular formula is C14H17Br2N. The van der Waals surface area contributed by atoms with Crippen LogP contribution in [0.1, 0.15) is 25.1 Å². The van der Waals surface area contributed by atoms with Gasteiger partial charge >= 0.3 is 0 Å². The molecule has 17 heavy (non-hydrogen) atoms. The zero-order chi connectivity index (χ0) is 12.7. The van der Waals surface area contributed by atoms with Gasteiger partial charge in [0.1, 0.15) is 0 Å². The summed E-state index contributed by atoms with van der Waals surface area (Å²) < 4.78 is 0. The largest absolute Gasteiger partial charge is 0.260 e. The maximum Gasteiger partial charge on any atom is 0.0509 e. The summed E-state index contributed by atoms with van der Waals surface area (Å²) in [5.41, 5.74) is 3.43. The zero-order valence-corrected chi connectivity index (χ0v) is 13.3. The topological polar surface area (TPSA) is 12.9 Å². The van der Waals surface area contributed by atoms with Gasteiger partial charge in [0, 0.05) is 16.9 Å². The molecule has 1 heterocycles. The van der Waals surface area contributed by atoms with Crippen molar-refractivity contribution in [2.75, 3.05) is 5.33 Å². The normalized spacial score (nSPS) is 14.2. The van der Waals surface area contributed by atoms with Crippen LogP contribution in [0.3, 0.4) is 0 Å². The maximum atomic E-state index is 4.38. The average molecular weight is 359 g/mol. The Morgan fingerprint density at radius 2 is 2.18 bits per heavy atom. The highest BCUT2D eigenvalue weighted by Crippen LogP contribution is 2.17. The Kier molecular flexibility index (Phi) is 6.75. The predicted molar refractivity (Wildman–Crippen MR) is 82.6 cm³/mol. The zero-order valence-electron chi connectivity index (χ0n) is 10.2. The van der Waals surface area contributed by atoms with Crippen LogP contribution in [-0.4, -0.2) is 10.3 Å². The molecule has 1 rings (SSSR count). The van der Waals surface area contributed by atoms with Gasteiger partial charge in [0.15, 0.2) is 0 Å². The molecular weight excluding hydrogens is 342 g/mol. The third kappa shape index (κ3) is 4.76. The lowest BCUT2D eigenvalue weighted by molar-refractivity contribution is 0.855. The summed E-state index contributed by atoms with van der Waals surface area (Å²) >= 11 is 6.87. The summed E-state index contributed by atoms with van der Waals surface area (Å²) in [6.45, 7) is 4.24. The second-order valence-electron chi connectivity index (χ2n) is 3.91. The van der Waals surface area contributed by atoms with Gasteiger partial charge in [-0.25, -0.2) is 0 Å². The van der Waals surface area contributed by atoms with Crippen molar-refractivity contribution in [3.63, 3.8) is 0 Å². The van der Waals surface area contributed by atoms with E-state index in [4.69, 9.17) is 0 Å². The number of rotatable bonds is 5. The van der Waals surface area contributed by atoms with E-state index in [9.17, 15) is 0 Å². The fourth-order valence-electron chi connectivity index (χ4n) is 1.35. The van der Waals surface area contributed by atoms with Gasteiger partial charge in [0.05, 0.1) is 5.69 Å². The van der Waals surface area contributed by atoms with Gasteiger partial charge in [-0.15, -0.1) is 0 Å². The van der Waals surface area contributed by atoms with Gasteiger partial charge in [0.2, 0.25) is 0 Å². The highest BCUT2D eigenvalue weighted by atomic mass is 79.9. The predicted octanol–water partition coefficient (Wildman–Crippen LogP) is 4.97. The van der Waals surface area contributed by atoms with E-state index in [1.165, 1.54) is 5.57 Å². The minimum Gasteiger partial charge on any atom is -0.260 e. The van der Waals surface area contributed by atoms with Crippen molar-refractivity contribution in [3.8, 4) is 0 Å². The Hall–Kier alpha value is -0.410. The van der Waals surface area contributed by atoms with Gasteiger partial charge in [-0.1, -0.05) is 63.1 Å². The monoisotopic (exact) mass is 357 g/mol. The molecule has 1 aromatic heterocycles. The van der Waals surface area contributed by atoms with E-state index < -0.39 is 0 Å². The first-order valence-electron chi connectivity index (χ1n) is 5.63. The molecule has 0 spiro atoms. The Balaban J connectivity index is 2.84. The van der Waals surface area contributed by atoms with E-state index >= 15 is 0 Å². The minimum atomic E-state index is 0.541. The smallest absolute Gasteiger partial charge is 0.0509 e. The van der Waals surface area contributed by atoms with Crippen LogP contribution >= 0.6 is 31.9 Å². The van der Waals surface area contributed by atoms with Crippen molar-refractivity contribution >= 4 is 37.4 Å². The minimum absolute atomic E-state index is 0.541. The van der Waals surface area contributed by atoms with Gasteiger partial charge < -0.3 is 0 Å². The van der Waals surface area contributed by atoms with Crippen molar-refractivity contribution in [1.82, 2.24) is 4.98 Å². The number of aromatic nitrogens is 1. The van der Waals surface area contributed by atoms with Crippen LogP contribution in [0.25, 0.3) is 5.57 Å². The number of nitrogens with zero attached hydrogens (tertiary/aromatic N) is 1. The van der Waals surface area contributed by atoms with Crippen LogP contribution in [0.4, 0.5) is 0 Å². The highest BCUT2D eigenvalue weighted by Gasteiger charge is 1.99. The first kappa shape index (κ1) is 14.7. The molecule has 0 N–H and O–H groups in total. The van der Waals surface area contributed by atoms with E-state index in [0.717, 1.165) is 21.9 Å². The molecule has 0 saturated carbocycles. The molecule has 1 nitrogen and oxygen atoms in total. The van der Waals surface area contributed by atoms with E-state index in [0.29, 0.717) is 5.92 Å². The molecule has 0 saturated heterocycles. The number of alkyl halides is 2. The van der Waals surface area contributed by atoms with Crippen LogP contribution in [0.5, 0.6) is 0 Å². The van der Waals surface area contributed by atoms with Gasteiger partial charge in [-0.05, 0) is 30.0 Å². The lowest BCUT2D eigenvalue weighted by Crippen LogP contribution is -1.91. The molecule has 0 bridgehead atoms. The number of pyridine rings is 1. The SMILES string of the molecule is C/C=C(\C=C/C(C)CBr)c1ccc(CBr)nc1. The molecule has 0 amide bonds. The summed E-state index contributed by atoms with van der Waals surface area (Å²) in [6, 6.07) is 4.16. The molecule has 1 aromatic rings. The molecule has 3 heteroatoms. The molecule has 0 fully saturated rings. The fourth-order valence-corrected chi connectivity index (χ4v) is 1.90. The van der Waals surface area contributed by atoms with Crippen LogP contribution < -0.4 is 0 Å². The van der Waals surface area contributed by atoms with Crippen LogP contribution in [0.15, 0.2) is 36.6 Å². The number of allylic oxidation sites excluding steroid dienone is 4. The second-order valence-corrected chi connectivity index (χ2v) is 5.11. The first-order valence-corrected chi connectivity index (χ1v) is 7.87. The molecule has 92 valence electrons. The van der Waals surface area contributed by atoms with E-state index in [1.54, 1.807) is 0 Å². The quantitative estimate of drug-likeness (QED) is 0.535. The molecule has 0 radical (unpaired) electrons. The number of halogens is 2. The molecule has 0 aliphatic heterocycles. The van der Waals surface area contributed by atoms with Crippen molar-refractivity contribution < 1.29 is 0 Å². The van der Waals surface area contributed by atoms with Crippen LogP contribution in [0, 0.1) is 5.92 Å². The lowest BCUT2D eigenvalue weighted by Gasteiger charge is -2.04. The maximum absolute atomic E-state index is 4.38. The summed E-state index contributed by atoms with van der Waals surface area (Å²) in [5, 5.41) is 1.79. The third-order valence-corrected chi connectivity index (χ3v) is 4.05. The highest BCUT2D eigenvalue weighted by molar-refractivity contribution is 9.09. The average Bonchev–Trinajstić information content (AvgIpc) is 2.39. The van der Waals surface area contributed by atoms with Crippen molar-refractivity contribution in [2.24, 2.45) is 5.92 Å². The molecule has 0 aliphatic carbocycles. The van der Waals surface area contributed by atoms with Crippen LogP contribution in [0.2, 0.25) is 0 Å². The number of hydrogen-bond donors (Lipinski definition) is 0. The Labute approximate surface area is 120 Å². The Bertz CT molecular complexity index is 393. The third-order valence-electron chi connectivity index (χ3n) is 2.45. The van der Waals surface area contributed by atoms with Crippen molar-refractivity contribution in [2.45, 2.75) is 19.2 Å². The first-order chi connectivity index (χ1) is 8.21. The standard InChI is InChI=1S/C14H17Br2N/c1-3-12(5-4-11(2)8-15)13-6-7-14(9-16)17-10-13/h3-7,10-11H,8-9H2,1-2H3/b5-4-,12-3+. The molecule has 1 unspecified atom stereocenters. The molecule has 1 atom stereocenters.